The summed E-state index contributed by atoms with van der Waals surface area (Å²) in [6.07, 6.45) is 2.74. The van der Waals surface area contributed by atoms with Gasteiger partial charge in [-0.1, -0.05) is 37.7 Å². The number of rotatable bonds is 13. The molecule has 1 aromatic heterocycles. The number of amides is 2. The zero-order valence-corrected chi connectivity index (χ0v) is 23.6. The molecule has 0 saturated carbocycles. The van der Waals surface area contributed by atoms with Crippen LogP contribution in [0.15, 0.2) is 53.7 Å². The zero-order valence-electron chi connectivity index (χ0n) is 22.0. The van der Waals surface area contributed by atoms with Crippen molar-refractivity contribution in [3.63, 3.8) is 0 Å². The number of methoxy groups -OCH3 is 1. The number of carbonyl (C=O) groups excluding carboxylic acids is 2. The molecule has 0 aliphatic rings. The van der Waals surface area contributed by atoms with E-state index in [1.807, 2.05) is 42.0 Å². The fourth-order valence-electron chi connectivity index (χ4n) is 3.73. The third-order valence-corrected chi connectivity index (χ3v) is 7.45. The summed E-state index contributed by atoms with van der Waals surface area (Å²) < 4.78 is 7.15. The second-order valence-corrected chi connectivity index (χ2v) is 10.7. The fraction of sp³-hybridized carbons (Fsp3) is 0.407. The van der Waals surface area contributed by atoms with Crippen LogP contribution in [-0.2, 0) is 11.3 Å². The molecule has 2 aromatic carbocycles. The average molecular weight is 542 g/mol. The highest BCUT2D eigenvalue weighted by Gasteiger charge is 2.23. The molecule has 0 saturated heterocycles. The minimum absolute atomic E-state index is 0.110. The Bertz CT molecular complexity index is 1160. The lowest BCUT2D eigenvalue weighted by molar-refractivity contribution is -0.113. The van der Waals surface area contributed by atoms with Gasteiger partial charge in [0.2, 0.25) is 5.91 Å². The molecule has 0 aliphatic carbocycles. The van der Waals surface area contributed by atoms with Crippen molar-refractivity contribution in [3.05, 3.63) is 65.5 Å². The van der Waals surface area contributed by atoms with Crippen molar-refractivity contribution in [3.8, 4) is 5.75 Å². The van der Waals surface area contributed by atoms with Crippen molar-refractivity contribution >= 4 is 41.0 Å². The second-order valence-electron chi connectivity index (χ2n) is 8.73. The smallest absolute Gasteiger partial charge is 0.251 e. The fourth-order valence-corrected chi connectivity index (χ4v) is 5.01. The first-order chi connectivity index (χ1) is 17.9. The molecule has 2 N–H and O–H groups in total. The maximum absolute atomic E-state index is 13.0. The van der Waals surface area contributed by atoms with Gasteiger partial charge in [0.25, 0.3) is 5.91 Å². The number of anilines is 1. The van der Waals surface area contributed by atoms with E-state index in [1.165, 1.54) is 17.3 Å². The average Bonchev–Trinajstić information content (AvgIpc) is 3.32. The van der Waals surface area contributed by atoms with Gasteiger partial charge in [0.15, 0.2) is 11.0 Å². The molecule has 2 amide bonds. The summed E-state index contributed by atoms with van der Waals surface area (Å²) in [6, 6.07) is 14.6. The molecule has 3 aromatic rings. The molecular weight excluding hydrogens is 506 g/mol. The van der Waals surface area contributed by atoms with Crippen LogP contribution in [0.2, 0.25) is 0 Å². The third-order valence-electron chi connectivity index (χ3n) is 5.84. The van der Waals surface area contributed by atoms with Gasteiger partial charge in [-0.2, -0.15) is 11.8 Å². The number of aromatic nitrogens is 3. The van der Waals surface area contributed by atoms with Crippen molar-refractivity contribution in [2.75, 3.05) is 30.2 Å². The highest BCUT2D eigenvalue weighted by Crippen LogP contribution is 2.25. The first-order valence-corrected chi connectivity index (χ1v) is 14.6. The van der Waals surface area contributed by atoms with E-state index in [4.69, 9.17) is 4.74 Å². The monoisotopic (exact) mass is 541 g/mol. The Morgan fingerprint density at radius 1 is 1.05 bits per heavy atom. The van der Waals surface area contributed by atoms with Gasteiger partial charge < -0.3 is 19.9 Å². The Balaban J connectivity index is 1.68. The standard InChI is InChI=1S/C27H35N5O3S2/c1-6-32-25(23(15-16-36-5)29-26(34)20-9-13-22(35-4)14-10-20)30-31-27(32)37-17-24(33)28-21-11-7-19(8-12-21)18(2)3/h7-14,18,23H,6,15-17H2,1-5H3,(H,28,33)(H,29,34). The van der Waals surface area contributed by atoms with E-state index in [9.17, 15) is 9.59 Å². The molecule has 0 fully saturated rings. The predicted octanol–water partition coefficient (Wildman–Crippen LogP) is 5.39. The molecule has 0 spiro atoms. The molecule has 198 valence electrons. The molecule has 0 radical (unpaired) electrons. The van der Waals surface area contributed by atoms with Crippen LogP contribution in [-0.4, -0.2) is 51.5 Å². The van der Waals surface area contributed by atoms with Gasteiger partial charge in [-0.3, -0.25) is 9.59 Å². The molecule has 1 atom stereocenters. The van der Waals surface area contributed by atoms with E-state index < -0.39 is 0 Å². The molecule has 0 bridgehead atoms. The first kappa shape index (κ1) is 28.6. The van der Waals surface area contributed by atoms with Gasteiger partial charge in [0.05, 0.1) is 18.9 Å². The lowest BCUT2D eigenvalue weighted by atomic mass is 10.0. The van der Waals surface area contributed by atoms with Gasteiger partial charge in [0, 0.05) is 17.8 Å². The molecule has 0 aliphatic heterocycles. The van der Waals surface area contributed by atoms with E-state index in [1.54, 1.807) is 43.1 Å². The van der Waals surface area contributed by atoms with Crippen molar-refractivity contribution < 1.29 is 14.3 Å². The van der Waals surface area contributed by atoms with E-state index >= 15 is 0 Å². The molecule has 37 heavy (non-hydrogen) atoms. The van der Waals surface area contributed by atoms with Crippen LogP contribution in [0, 0.1) is 0 Å². The lowest BCUT2D eigenvalue weighted by Gasteiger charge is -2.19. The normalized spacial score (nSPS) is 11.8. The molecular formula is C27H35N5O3S2. The van der Waals surface area contributed by atoms with Gasteiger partial charge in [-0.25, -0.2) is 0 Å². The number of thioether (sulfide) groups is 2. The molecule has 8 nitrogen and oxygen atoms in total. The second kappa shape index (κ2) is 14.1. The van der Waals surface area contributed by atoms with Crippen molar-refractivity contribution in [2.24, 2.45) is 0 Å². The summed E-state index contributed by atoms with van der Waals surface area (Å²) in [5.41, 5.74) is 2.54. The van der Waals surface area contributed by atoms with Crippen molar-refractivity contribution in [1.29, 1.82) is 0 Å². The number of nitrogens with one attached hydrogen (secondary N) is 2. The van der Waals surface area contributed by atoms with Gasteiger partial charge >= 0.3 is 0 Å². The van der Waals surface area contributed by atoms with E-state index in [2.05, 4.69) is 34.7 Å². The summed E-state index contributed by atoms with van der Waals surface area (Å²) in [5, 5.41) is 15.5. The van der Waals surface area contributed by atoms with Crippen LogP contribution in [0.3, 0.4) is 0 Å². The number of hydrogen-bond acceptors (Lipinski definition) is 7. The Morgan fingerprint density at radius 3 is 2.35 bits per heavy atom. The maximum atomic E-state index is 13.0. The largest absolute Gasteiger partial charge is 0.497 e. The highest BCUT2D eigenvalue weighted by molar-refractivity contribution is 7.99. The quantitative estimate of drug-likeness (QED) is 0.280. The van der Waals surface area contributed by atoms with E-state index in [0.717, 1.165) is 11.4 Å². The summed E-state index contributed by atoms with van der Waals surface area (Å²) in [5.74, 6) is 2.58. The SMILES string of the molecule is CCn1c(SCC(=O)Nc2ccc(C(C)C)cc2)nnc1C(CCSC)NC(=O)c1ccc(OC)cc1. The zero-order chi connectivity index (χ0) is 26.8. The van der Waals surface area contributed by atoms with Gasteiger partial charge in [-0.05, 0) is 73.2 Å². The number of hydrogen-bond donors (Lipinski definition) is 2. The maximum Gasteiger partial charge on any atom is 0.251 e. The Morgan fingerprint density at radius 2 is 1.76 bits per heavy atom. The summed E-state index contributed by atoms with van der Waals surface area (Å²) >= 11 is 3.04. The lowest BCUT2D eigenvalue weighted by Crippen LogP contribution is -2.31. The van der Waals surface area contributed by atoms with Crippen molar-refractivity contribution in [2.45, 2.75) is 50.9 Å². The molecule has 1 unspecified atom stereocenters. The van der Waals surface area contributed by atoms with Crippen LogP contribution >= 0.6 is 23.5 Å². The summed E-state index contributed by atoms with van der Waals surface area (Å²) in [4.78, 5) is 25.5. The number of ether oxygens (including phenoxy) is 1. The first-order valence-electron chi connectivity index (χ1n) is 12.3. The number of carbonyl (C=O) groups is 2. The van der Waals surface area contributed by atoms with Crippen LogP contribution in [0.4, 0.5) is 5.69 Å². The van der Waals surface area contributed by atoms with Crippen LogP contribution < -0.4 is 15.4 Å². The van der Waals surface area contributed by atoms with Crippen LogP contribution in [0.25, 0.3) is 0 Å². The minimum atomic E-state index is -0.308. The predicted molar refractivity (Wildman–Crippen MR) is 152 cm³/mol. The molecule has 3 rings (SSSR count). The van der Waals surface area contributed by atoms with Gasteiger partial charge in [-0.15, -0.1) is 10.2 Å². The van der Waals surface area contributed by atoms with Crippen molar-refractivity contribution in [1.82, 2.24) is 20.1 Å². The number of benzene rings is 2. The molecule has 10 heteroatoms. The topological polar surface area (TPSA) is 98.1 Å². The Kier molecular flexibility index (Phi) is 10.9. The van der Waals surface area contributed by atoms with E-state index in [-0.39, 0.29) is 23.6 Å². The Labute approximate surface area is 227 Å². The number of nitrogens with zero attached hydrogens (tertiary/aromatic N) is 3. The van der Waals surface area contributed by atoms with Crippen LogP contribution in [0.1, 0.15) is 60.9 Å². The molecule has 1 heterocycles. The summed E-state index contributed by atoms with van der Waals surface area (Å²) in [6.45, 7) is 6.90. The van der Waals surface area contributed by atoms with Crippen LogP contribution in [0.5, 0.6) is 5.75 Å². The van der Waals surface area contributed by atoms with Gasteiger partial charge in [0.1, 0.15) is 5.75 Å². The highest BCUT2D eigenvalue weighted by atomic mass is 32.2. The Hall–Kier alpha value is -2.98. The third kappa shape index (κ3) is 8.00. The summed E-state index contributed by atoms with van der Waals surface area (Å²) in [7, 11) is 1.59. The minimum Gasteiger partial charge on any atom is -0.497 e. The van der Waals surface area contributed by atoms with E-state index in [0.29, 0.717) is 41.2 Å².